The summed E-state index contributed by atoms with van der Waals surface area (Å²) >= 11 is 0. The summed E-state index contributed by atoms with van der Waals surface area (Å²) < 4.78 is 5.33. The van der Waals surface area contributed by atoms with Crippen LogP contribution < -0.4 is 4.90 Å². The number of nitro groups is 1. The molecule has 0 aliphatic carbocycles. The predicted octanol–water partition coefficient (Wildman–Crippen LogP) is 3.66. The van der Waals surface area contributed by atoms with E-state index in [1.807, 2.05) is 0 Å². The van der Waals surface area contributed by atoms with Crippen molar-refractivity contribution in [1.29, 1.82) is 0 Å². The molecule has 6 nitrogen and oxygen atoms in total. The van der Waals surface area contributed by atoms with Gasteiger partial charge >= 0.3 is 0 Å². The summed E-state index contributed by atoms with van der Waals surface area (Å²) in [5, 5.41) is 11.4. The number of anilines is 1. The lowest BCUT2D eigenvalue weighted by Gasteiger charge is -2.28. The molecule has 1 aromatic heterocycles. The van der Waals surface area contributed by atoms with Gasteiger partial charge < -0.3 is 9.32 Å². The lowest BCUT2D eigenvalue weighted by molar-refractivity contribution is -0.384. The number of hydrogen-bond acceptors (Lipinski definition) is 5. The summed E-state index contributed by atoms with van der Waals surface area (Å²) in [5.74, 6) is 0.660. The van der Waals surface area contributed by atoms with E-state index in [1.165, 1.54) is 12.5 Å². The fraction of sp³-hybridized carbons (Fsp3) is 0.312. The molecule has 1 saturated heterocycles. The molecule has 0 saturated carbocycles. The summed E-state index contributed by atoms with van der Waals surface area (Å²) in [4.78, 5) is 23.8. The Morgan fingerprint density at radius 3 is 2.55 bits per heavy atom. The first kappa shape index (κ1) is 14.3. The molecule has 0 unspecified atom stereocenters. The number of rotatable bonds is 4. The van der Waals surface area contributed by atoms with Crippen LogP contribution in [0.3, 0.4) is 0 Å². The van der Waals surface area contributed by atoms with Gasteiger partial charge in [-0.25, -0.2) is 0 Å². The van der Waals surface area contributed by atoms with Crippen molar-refractivity contribution < 1.29 is 14.1 Å². The summed E-state index contributed by atoms with van der Waals surface area (Å²) in [7, 11) is 0. The molecule has 22 heavy (non-hydrogen) atoms. The van der Waals surface area contributed by atoms with E-state index < -0.39 is 0 Å². The van der Waals surface area contributed by atoms with Gasteiger partial charge in [-0.1, -0.05) is 0 Å². The van der Waals surface area contributed by atoms with Crippen LogP contribution >= 0.6 is 0 Å². The largest absolute Gasteiger partial charge is 0.453 e. The molecule has 0 bridgehead atoms. The monoisotopic (exact) mass is 300 g/mol. The van der Waals surface area contributed by atoms with Crippen LogP contribution in [-0.2, 0) is 0 Å². The highest BCUT2D eigenvalue weighted by Gasteiger charge is 2.22. The lowest BCUT2D eigenvalue weighted by Crippen LogP contribution is -2.29. The van der Waals surface area contributed by atoms with Crippen LogP contribution in [0.1, 0.15) is 29.8 Å². The molecule has 0 radical (unpaired) electrons. The third-order valence-electron chi connectivity index (χ3n) is 3.90. The maximum absolute atomic E-state index is 11.4. The SMILES string of the molecule is O=Cc1ccc(-c2ccc(N3CCCCC3)c([N+](=O)[O-])c2)o1. The Labute approximate surface area is 127 Å². The fourth-order valence-corrected chi connectivity index (χ4v) is 2.80. The molecule has 1 aliphatic heterocycles. The molecule has 0 amide bonds. The molecule has 114 valence electrons. The minimum absolute atomic E-state index is 0.0726. The molecule has 1 fully saturated rings. The quantitative estimate of drug-likeness (QED) is 0.489. The molecule has 0 N–H and O–H groups in total. The van der Waals surface area contributed by atoms with Crippen LogP contribution in [0.25, 0.3) is 11.3 Å². The first-order valence-corrected chi connectivity index (χ1v) is 7.28. The van der Waals surface area contributed by atoms with E-state index in [0.717, 1.165) is 25.9 Å². The zero-order valence-corrected chi connectivity index (χ0v) is 12.0. The normalized spacial score (nSPS) is 14.8. The van der Waals surface area contributed by atoms with Crippen molar-refractivity contribution in [3.63, 3.8) is 0 Å². The molecule has 2 heterocycles. The molecule has 1 aromatic carbocycles. The maximum atomic E-state index is 11.4. The molecule has 0 atom stereocenters. The number of nitrogens with zero attached hydrogens (tertiary/aromatic N) is 2. The van der Waals surface area contributed by atoms with Crippen molar-refractivity contribution in [3.05, 3.63) is 46.2 Å². The van der Waals surface area contributed by atoms with Crippen LogP contribution in [0.15, 0.2) is 34.7 Å². The van der Waals surface area contributed by atoms with Gasteiger partial charge in [0, 0.05) is 24.7 Å². The Hall–Kier alpha value is -2.63. The van der Waals surface area contributed by atoms with E-state index in [2.05, 4.69) is 4.90 Å². The smallest absolute Gasteiger partial charge is 0.293 e. The Morgan fingerprint density at radius 1 is 1.14 bits per heavy atom. The van der Waals surface area contributed by atoms with E-state index in [0.29, 0.717) is 23.3 Å². The number of aldehydes is 1. The fourth-order valence-electron chi connectivity index (χ4n) is 2.80. The summed E-state index contributed by atoms with van der Waals surface area (Å²) in [6, 6.07) is 8.26. The minimum Gasteiger partial charge on any atom is -0.453 e. The topological polar surface area (TPSA) is 76.6 Å². The highest BCUT2D eigenvalue weighted by molar-refractivity contribution is 5.75. The Bertz CT molecular complexity index is 702. The van der Waals surface area contributed by atoms with Crippen LogP contribution in [0.2, 0.25) is 0 Å². The van der Waals surface area contributed by atoms with Crippen molar-refractivity contribution in [1.82, 2.24) is 0 Å². The molecule has 2 aromatic rings. The van der Waals surface area contributed by atoms with Gasteiger partial charge in [0.05, 0.1) is 4.92 Å². The van der Waals surface area contributed by atoms with Crippen molar-refractivity contribution in [2.24, 2.45) is 0 Å². The molecule has 0 spiro atoms. The Balaban J connectivity index is 1.99. The predicted molar refractivity (Wildman–Crippen MR) is 82.2 cm³/mol. The van der Waals surface area contributed by atoms with Crippen LogP contribution in [-0.4, -0.2) is 24.3 Å². The molecule has 3 rings (SSSR count). The van der Waals surface area contributed by atoms with E-state index in [9.17, 15) is 14.9 Å². The van der Waals surface area contributed by atoms with E-state index in [-0.39, 0.29) is 16.4 Å². The van der Waals surface area contributed by atoms with Crippen LogP contribution in [0.4, 0.5) is 11.4 Å². The number of hydrogen-bond donors (Lipinski definition) is 0. The third kappa shape index (κ3) is 2.72. The highest BCUT2D eigenvalue weighted by Crippen LogP contribution is 2.34. The second-order valence-corrected chi connectivity index (χ2v) is 5.33. The first-order valence-electron chi connectivity index (χ1n) is 7.28. The van der Waals surface area contributed by atoms with Crippen LogP contribution in [0, 0.1) is 10.1 Å². The van der Waals surface area contributed by atoms with Gasteiger partial charge in [-0.15, -0.1) is 0 Å². The minimum atomic E-state index is -0.364. The second-order valence-electron chi connectivity index (χ2n) is 5.33. The number of nitro benzene ring substituents is 1. The van der Waals surface area contributed by atoms with Crippen molar-refractivity contribution in [3.8, 4) is 11.3 Å². The highest BCUT2D eigenvalue weighted by atomic mass is 16.6. The van der Waals surface area contributed by atoms with E-state index >= 15 is 0 Å². The number of furan rings is 1. The summed E-state index contributed by atoms with van der Waals surface area (Å²) in [6.45, 7) is 1.69. The number of carbonyl (C=O) groups excluding carboxylic acids is 1. The Kier molecular flexibility index (Phi) is 3.91. The van der Waals surface area contributed by atoms with Gasteiger partial charge in [-0.05, 0) is 43.5 Å². The van der Waals surface area contributed by atoms with Gasteiger partial charge in [0.25, 0.3) is 5.69 Å². The second kappa shape index (κ2) is 6.01. The number of carbonyl (C=O) groups is 1. The van der Waals surface area contributed by atoms with Gasteiger partial charge in [0.1, 0.15) is 11.4 Å². The summed E-state index contributed by atoms with van der Waals surface area (Å²) in [5.41, 5.74) is 1.32. The van der Waals surface area contributed by atoms with Crippen molar-refractivity contribution in [2.75, 3.05) is 18.0 Å². The number of benzene rings is 1. The molecular formula is C16H16N2O4. The average molecular weight is 300 g/mol. The van der Waals surface area contributed by atoms with Gasteiger partial charge in [0.15, 0.2) is 12.0 Å². The maximum Gasteiger partial charge on any atom is 0.293 e. The van der Waals surface area contributed by atoms with E-state index in [1.54, 1.807) is 24.3 Å². The van der Waals surface area contributed by atoms with E-state index in [4.69, 9.17) is 4.42 Å². The zero-order valence-electron chi connectivity index (χ0n) is 12.0. The van der Waals surface area contributed by atoms with Crippen molar-refractivity contribution >= 4 is 17.7 Å². The van der Waals surface area contributed by atoms with Crippen molar-refractivity contribution in [2.45, 2.75) is 19.3 Å². The zero-order chi connectivity index (χ0) is 15.5. The Morgan fingerprint density at radius 2 is 1.91 bits per heavy atom. The standard InChI is InChI=1S/C16H16N2O4/c19-11-13-5-7-16(22-13)12-4-6-14(15(10-12)18(20)21)17-8-2-1-3-9-17/h4-7,10-11H,1-3,8-9H2. The van der Waals surface area contributed by atoms with Gasteiger partial charge in [-0.2, -0.15) is 0 Å². The summed E-state index contributed by atoms with van der Waals surface area (Å²) in [6.07, 6.45) is 3.89. The first-order chi connectivity index (χ1) is 10.7. The van der Waals surface area contributed by atoms with Gasteiger partial charge in [-0.3, -0.25) is 14.9 Å². The lowest BCUT2D eigenvalue weighted by atomic mass is 10.1. The molecular weight excluding hydrogens is 284 g/mol. The third-order valence-corrected chi connectivity index (χ3v) is 3.90. The molecule has 6 heteroatoms. The van der Waals surface area contributed by atoms with Gasteiger partial charge in [0.2, 0.25) is 0 Å². The number of piperidine rings is 1. The average Bonchev–Trinajstić information content (AvgIpc) is 3.04. The molecule has 1 aliphatic rings. The van der Waals surface area contributed by atoms with Crippen LogP contribution in [0.5, 0.6) is 0 Å².